The molecule has 0 fully saturated rings. The van der Waals surface area contributed by atoms with Crippen LogP contribution in [0, 0.1) is 0 Å². The molecule has 1 aliphatic carbocycles. The summed E-state index contributed by atoms with van der Waals surface area (Å²) in [4.78, 5) is 1.60. The molecule has 0 aliphatic heterocycles. The van der Waals surface area contributed by atoms with Gasteiger partial charge in [-0.2, -0.15) is 0 Å². The molecule has 0 saturated heterocycles. The third kappa shape index (κ3) is 3.06. The normalized spacial score (nSPS) is 19.7. The molecular formula is C13H21NOS. The van der Waals surface area contributed by atoms with Crippen LogP contribution in [0.4, 0.5) is 0 Å². The molecule has 0 spiro atoms. The van der Waals surface area contributed by atoms with Gasteiger partial charge in [0.05, 0.1) is 0 Å². The van der Waals surface area contributed by atoms with Gasteiger partial charge in [0, 0.05) is 24.6 Å². The second-order valence-electron chi connectivity index (χ2n) is 4.40. The van der Waals surface area contributed by atoms with Gasteiger partial charge in [0.15, 0.2) is 0 Å². The number of nitrogens with one attached hydrogen (secondary N) is 1. The zero-order valence-electron chi connectivity index (χ0n) is 10.00. The first kappa shape index (κ1) is 12.1. The number of thiophene rings is 1. The predicted octanol–water partition coefficient (Wildman–Crippen LogP) is 3.14. The molecule has 90 valence electrons. The average molecular weight is 239 g/mol. The second kappa shape index (κ2) is 6.38. The van der Waals surface area contributed by atoms with Crippen molar-refractivity contribution in [3.05, 3.63) is 21.9 Å². The van der Waals surface area contributed by atoms with E-state index in [1.165, 1.54) is 25.7 Å². The van der Waals surface area contributed by atoms with E-state index in [-0.39, 0.29) is 0 Å². The Labute approximate surface area is 102 Å². The van der Waals surface area contributed by atoms with E-state index in [2.05, 4.69) is 16.8 Å². The van der Waals surface area contributed by atoms with Gasteiger partial charge in [-0.25, -0.2) is 0 Å². The molecule has 1 aromatic heterocycles. The Morgan fingerprint density at radius 2 is 2.44 bits per heavy atom. The molecule has 0 aromatic carbocycles. The first-order valence-corrected chi connectivity index (χ1v) is 7.08. The van der Waals surface area contributed by atoms with Crippen LogP contribution in [-0.4, -0.2) is 20.3 Å². The van der Waals surface area contributed by atoms with Gasteiger partial charge in [0.1, 0.15) is 0 Å². The number of methoxy groups -OCH3 is 1. The molecule has 0 radical (unpaired) electrons. The topological polar surface area (TPSA) is 21.3 Å². The molecule has 0 bridgehead atoms. The first-order chi connectivity index (χ1) is 7.92. The highest BCUT2D eigenvalue weighted by Crippen LogP contribution is 2.33. The summed E-state index contributed by atoms with van der Waals surface area (Å²) in [7, 11) is 1.77. The monoisotopic (exact) mass is 239 g/mol. The summed E-state index contributed by atoms with van der Waals surface area (Å²) in [6.45, 7) is 2.00. The molecular weight excluding hydrogens is 218 g/mol. The molecule has 0 saturated carbocycles. The van der Waals surface area contributed by atoms with E-state index in [4.69, 9.17) is 4.74 Å². The highest BCUT2D eigenvalue weighted by Gasteiger charge is 2.19. The Balaban J connectivity index is 1.75. The lowest BCUT2D eigenvalue weighted by molar-refractivity contribution is 0.192. The molecule has 1 unspecified atom stereocenters. The van der Waals surface area contributed by atoms with E-state index in [9.17, 15) is 0 Å². The minimum Gasteiger partial charge on any atom is -0.385 e. The zero-order chi connectivity index (χ0) is 11.2. The minimum atomic E-state index is 0.609. The highest BCUT2D eigenvalue weighted by molar-refractivity contribution is 7.10. The Morgan fingerprint density at radius 3 is 3.31 bits per heavy atom. The standard InChI is InChI=1S/C13H21NOS/c1-15-9-3-2-8-14-12-5-4-6-13-11(12)7-10-16-13/h7,10,12,14H,2-6,8-9H2,1H3. The largest absolute Gasteiger partial charge is 0.385 e. The lowest BCUT2D eigenvalue weighted by atomic mass is 9.94. The van der Waals surface area contributed by atoms with E-state index in [0.717, 1.165) is 19.6 Å². The molecule has 2 nitrogen and oxygen atoms in total. The van der Waals surface area contributed by atoms with Crippen molar-refractivity contribution in [2.75, 3.05) is 20.3 Å². The van der Waals surface area contributed by atoms with Crippen molar-refractivity contribution in [1.82, 2.24) is 5.32 Å². The molecule has 1 N–H and O–H groups in total. The van der Waals surface area contributed by atoms with Crippen LogP contribution in [0.25, 0.3) is 0 Å². The van der Waals surface area contributed by atoms with Crippen molar-refractivity contribution >= 4 is 11.3 Å². The number of hydrogen-bond donors (Lipinski definition) is 1. The van der Waals surface area contributed by atoms with Gasteiger partial charge in [-0.1, -0.05) is 0 Å². The van der Waals surface area contributed by atoms with Crippen molar-refractivity contribution in [2.24, 2.45) is 0 Å². The number of fused-ring (bicyclic) bond motifs is 1. The van der Waals surface area contributed by atoms with Gasteiger partial charge in [-0.15, -0.1) is 11.3 Å². The lowest BCUT2D eigenvalue weighted by Crippen LogP contribution is -2.25. The van der Waals surface area contributed by atoms with Crippen LogP contribution in [0.2, 0.25) is 0 Å². The minimum absolute atomic E-state index is 0.609. The van der Waals surface area contributed by atoms with Gasteiger partial charge in [-0.3, -0.25) is 0 Å². The van der Waals surface area contributed by atoms with E-state index < -0.39 is 0 Å². The summed E-state index contributed by atoms with van der Waals surface area (Å²) in [6.07, 6.45) is 6.29. The maximum Gasteiger partial charge on any atom is 0.0462 e. The van der Waals surface area contributed by atoms with Crippen LogP contribution in [0.15, 0.2) is 11.4 Å². The highest BCUT2D eigenvalue weighted by atomic mass is 32.1. The molecule has 16 heavy (non-hydrogen) atoms. The molecule has 1 heterocycles. The third-order valence-electron chi connectivity index (χ3n) is 3.22. The van der Waals surface area contributed by atoms with Crippen molar-refractivity contribution in [3.8, 4) is 0 Å². The second-order valence-corrected chi connectivity index (χ2v) is 5.40. The molecule has 1 atom stereocenters. The Bertz CT molecular complexity index is 311. The number of aryl methyl sites for hydroxylation is 1. The summed E-state index contributed by atoms with van der Waals surface area (Å²) >= 11 is 1.92. The van der Waals surface area contributed by atoms with Crippen LogP contribution in [0.5, 0.6) is 0 Å². The van der Waals surface area contributed by atoms with Gasteiger partial charge in [0.25, 0.3) is 0 Å². The molecule has 1 aliphatic rings. The number of unbranched alkanes of at least 4 members (excludes halogenated alkanes) is 1. The molecule has 2 rings (SSSR count). The molecule has 1 aromatic rings. The van der Waals surface area contributed by atoms with E-state index in [1.807, 2.05) is 11.3 Å². The summed E-state index contributed by atoms with van der Waals surface area (Å²) in [5, 5.41) is 5.91. The van der Waals surface area contributed by atoms with Crippen LogP contribution in [0.1, 0.15) is 42.2 Å². The van der Waals surface area contributed by atoms with Gasteiger partial charge in [0.2, 0.25) is 0 Å². The van der Waals surface area contributed by atoms with E-state index >= 15 is 0 Å². The van der Waals surface area contributed by atoms with Gasteiger partial charge >= 0.3 is 0 Å². The molecule has 3 heteroatoms. The average Bonchev–Trinajstić information content (AvgIpc) is 2.77. The van der Waals surface area contributed by atoms with Gasteiger partial charge < -0.3 is 10.1 Å². The summed E-state index contributed by atoms with van der Waals surface area (Å²) in [5.41, 5.74) is 1.56. The van der Waals surface area contributed by atoms with Crippen molar-refractivity contribution < 1.29 is 4.74 Å². The maximum absolute atomic E-state index is 5.05. The predicted molar refractivity (Wildman–Crippen MR) is 69.1 cm³/mol. The number of rotatable bonds is 6. The zero-order valence-corrected chi connectivity index (χ0v) is 10.8. The van der Waals surface area contributed by atoms with Crippen molar-refractivity contribution in [2.45, 2.75) is 38.1 Å². The van der Waals surface area contributed by atoms with Crippen LogP contribution in [0.3, 0.4) is 0 Å². The quantitative estimate of drug-likeness (QED) is 0.770. The molecule has 0 amide bonds. The van der Waals surface area contributed by atoms with Crippen LogP contribution >= 0.6 is 11.3 Å². The fraction of sp³-hybridized carbons (Fsp3) is 0.692. The Hall–Kier alpha value is -0.380. The van der Waals surface area contributed by atoms with Crippen molar-refractivity contribution in [1.29, 1.82) is 0 Å². The SMILES string of the molecule is COCCCCNC1CCCc2sccc21. The van der Waals surface area contributed by atoms with Gasteiger partial charge in [-0.05, 0) is 55.7 Å². The van der Waals surface area contributed by atoms with Crippen LogP contribution in [-0.2, 0) is 11.2 Å². The first-order valence-electron chi connectivity index (χ1n) is 6.20. The third-order valence-corrected chi connectivity index (χ3v) is 4.21. The summed E-state index contributed by atoms with van der Waals surface area (Å²) < 4.78 is 5.05. The fourth-order valence-corrected chi connectivity index (χ4v) is 3.33. The van der Waals surface area contributed by atoms with E-state index in [0.29, 0.717) is 6.04 Å². The smallest absolute Gasteiger partial charge is 0.0462 e. The van der Waals surface area contributed by atoms with Crippen molar-refractivity contribution in [3.63, 3.8) is 0 Å². The number of hydrogen-bond acceptors (Lipinski definition) is 3. The Morgan fingerprint density at radius 1 is 1.50 bits per heavy atom. The lowest BCUT2D eigenvalue weighted by Gasteiger charge is -2.23. The van der Waals surface area contributed by atoms with E-state index in [1.54, 1.807) is 17.6 Å². The number of ether oxygens (including phenoxy) is 1. The van der Waals surface area contributed by atoms with Crippen LogP contribution < -0.4 is 5.32 Å². The maximum atomic E-state index is 5.05. The summed E-state index contributed by atoms with van der Waals surface area (Å²) in [6, 6.07) is 2.91. The summed E-state index contributed by atoms with van der Waals surface area (Å²) in [5.74, 6) is 0. The Kier molecular flexibility index (Phi) is 4.82. The fourth-order valence-electron chi connectivity index (χ4n) is 2.35.